The molecule has 1 heterocycles. The van der Waals surface area contributed by atoms with Gasteiger partial charge in [0.05, 0.1) is 5.52 Å². The Morgan fingerprint density at radius 2 is 1.80 bits per heavy atom. The van der Waals surface area contributed by atoms with E-state index in [1.807, 2.05) is 0 Å². The second-order valence-electron chi connectivity index (χ2n) is 3.03. The Kier molecular flexibility index (Phi) is 2.31. The summed E-state index contributed by atoms with van der Waals surface area (Å²) in [6.07, 6.45) is -4.41. The van der Waals surface area contributed by atoms with Gasteiger partial charge in [-0.05, 0) is 24.3 Å². The van der Waals surface area contributed by atoms with Gasteiger partial charge in [0.25, 0.3) is 0 Å². The molecule has 0 N–H and O–H groups in total. The van der Waals surface area contributed by atoms with Crippen LogP contribution in [-0.4, -0.2) is 4.98 Å². The summed E-state index contributed by atoms with van der Waals surface area (Å²) in [5.74, 6) is 0. The maximum atomic E-state index is 12.3. The van der Waals surface area contributed by atoms with E-state index in [4.69, 9.17) is 11.6 Å². The number of nitrogens with zero attached hydrogens (tertiary/aromatic N) is 1. The Labute approximate surface area is 88.5 Å². The minimum absolute atomic E-state index is 0.286. The number of hydrogen-bond acceptors (Lipinski definition) is 1. The number of alkyl halides is 3. The van der Waals surface area contributed by atoms with Gasteiger partial charge in [0.15, 0.2) is 0 Å². The Balaban J connectivity index is 2.62. The van der Waals surface area contributed by atoms with E-state index in [0.717, 1.165) is 6.07 Å². The fourth-order valence-electron chi connectivity index (χ4n) is 1.25. The molecule has 2 rings (SSSR count). The van der Waals surface area contributed by atoms with Gasteiger partial charge in [-0.1, -0.05) is 17.7 Å². The van der Waals surface area contributed by atoms with Crippen molar-refractivity contribution in [3.05, 3.63) is 41.0 Å². The summed E-state index contributed by atoms with van der Waals surface area (Å²) in [4.78, 5) is 3.50. The Morgan fingerprint density at radius 3 is 2.47 bits per heavy atom. The molecule has 0 unspecified atom stereocenters. The monoisotopic (exact) mass is 231 g/mol. The largest absolute Gasteiger partial charge is 0.433 e. The molecule has 78 valence electrons. The highest BCUT2D eigenvalue weighted by Gasteiger charge is 2.32. The number of pyridine rings is 1. The van der Waals surface area contributed by atoms with Crippen LogP contribution < -0.4 is 0 Å². The van der Waals surface area contributed by atoms with Crippen LogP contribution >= 0.6 is 11.6 Å². The smallest absolute Gasteiger partial charge is 0.243 e. The summed E-state index contributed by atoms with van der Waals surface area (Å²) < 4.78 is 36.9. The predicted octanol–water partition coefficient (Wildman–Crippen LogP) is 3.91. The fraction of sp³-hybridized carbons (Fsp3) is 0.100. The number of halogens is 4. The molecule has 0 saturated heterocycles. The summed E-state index contributed by atoms with van der Waals surface area (Å²) in [7, 11) is 0. The van der Waals surface area contributed by atoms with Gasteiger partial charge in [-0.25, -0.2) is 4.98 Å². The first-order chi connectivity index (χ1) is 6.97. The van der Waals surface area contributed by atoms with E-state index in [9.17, 15) is 13.2 Å². The standard InChI is InChI=1S/C10H5ClF3N/c11-7-2-3-8-6(5-7)1-4-9(15-8)10(12,13)14/h1-5H. The van der Waals surface area contributed by atoms with Crippen molar-refractivity contribution in [2.75, 3.05) is 0 Å². The summed E-state index contributed by atoms with van der Waals surface area (Å²) in [6, 6.07) is 6.85. The van der Waals surface area contributed by atoms with E-state index in [2.05, 4.69) is 4.98 Å². The Bertz CT molecular complexity index is 507. The van der Waals surface area contributed by atoms with Gasteiger partial charge in [0.1, 0.15) is 5.69 Å². The van der Waals surface area contributed by atoms with Crippen molar-refractivity contribution >= 4 is 22.5 Å². The fourth-order valence-corrected chi connectivity index (χ4v) is 1.43. The van der Waals surface area contributed by atoms with Crippen LogP contribution in [0, 0.1) is 0 Å². The van der Waals surface area contributed by atoms with E-state index in [1.165, 1.54) is 18.2 Å². The molecule has 0 aliphatic rings. The highest BCUT2D eigenvalue weighted by Crippen LogP contribution is 2.29. The first kappa shape index (κ1) is 10.2. The lowest BCUT2D eigenvalue weighted by Crippen LogP contribution is -2.07. The third-order valence-corrected chi connectivity index (χ3v) is 2.18. The lowest BCUT2D eigenvalue weighted by atomic mass is 10.2. The molecule has 0 spiro atoms. The number of benzene rings is 1. The van der Waals surface area contributed by atoms with Crippen LogP contribution in [0.3, 0.4) is 0 Å². The highest BCUT2D eigenvalue weighted by molar-refractivity contribution is 6.31. The molecule has 0 atom stereocenters. The first-order valence-corrected chi connectivity index (χ1v) is 4.48. The minimum atomic E-state index is -4.41. The normalized spacial score (nSPS) is 12.0. The Morgan fingerprint density at radius 1 is 1.07 bits per heavy atom. The molecule has 5 heteroatoms. The number of hydrogen-bond donors (Lipinski definition) is 0. The van der Waals surface area contributed by atoms with E-state index in [-0.39, 0.29) is 5.52 Å². The van der Waals surface area contributed by atoms with Crippen molar-refractivity contribution in [2.45, 2.75) is 6.18 Å². The molecule has 15 heavy (non-hydrogen) atoms. The molecule has 1 aromatic carbocycles. The predicted molar refractivity (Wildman–Crippen MR) is 51.8 cm³/mol. The SMILES string of the molecule is FC(F)(F)c1ccc2cc(Cl)ccc2n1. The molecule has 0 aliphatic carbocycles. The summed E-state index contributed by atoms with van der Waals surface area (Å²) in [6.45, 7) is 0. The second kappa shape index (κ2) is 3.38. The molecule has 0 aliphatic heterocycles. The van der Waals surface area contributed by atoms with E-state index >= 15 is 0 Å². The third-order valence-electron chi connectivity index (χ3n) is 1.94. The molecule has 0 bridgehead atoms. The van der Waals surface area contributed by atoms with Crippen LogP contribution in [0.2, 0.25) is 5.02 Å². The molecule has 2 aromatic rings. The zero-order valence-corrected chi connectivity index (χ0v) is 8.10. The van der Waals surface area contributed by atoms with Gasteiger partial charge in [-0.2, -0.15) is 13.2 Å². The van der Waals surface area contributed by atoms with Crippen LogP contribution in [0.15, 0.2) is 30.3 Å². The molecular formula is C10H5ClF3N. The summed E-state index contributed by atoms with van der Waals surface area (Å²) >= 11 is 5.70. The van der Waals surface area contributed by atoms with Gasteiger partial charge in [0.2, 0.25) is 0 Å². The molecule has 0 amide bonds. The maximum Gasteiger partial charge on any atom is 0.433 e. The molecular weight excluding hydrogens is 227 g/mol. The zero-order valence-electron chi connectivity index (χ0n) is 7.35. The minimum Gasteiger partial charge on any atom is -0.243 e. The average Bonchev–Trinajstić information content (AvgIpc) is 2.15. The first-order valence-electron chi connectivity index (χ1n) is 4.10. The lowest BCUT2D eigenvalue weighted by Gasteiger charge is -2.06. The van der Waals surface area contributed by atoms with Gasteiger partial charge in [0, 0.05) is 10.4 Å². The van der Waals surface area contributed by atoms with Gasteiger partial charge >= 0.3 is 6.18 Å². The number of fused-ring (bicyclic) bond motifs is 1. The molecule has 0 fully saturated rings. The van der Waals surface area contributed by atoms with Gasteiger partial charge in [-0.15, -0.1) is 0 Å². The van der Waals surface area contributed by atoms with Crippen molar-refractivity contribution < 1.29 is 13.2 Å². The van der Waals surface area contributed by atoms with Crippen molar-refractivity contribution in [2.24, 2.45) is 0 Å². The second-order valence-corrected chi connectivity index (χ2v) is 3.47. The molecule has 0 saturated carbocycles. The van der Waals surface area contributed by atoms with Crippen LogP contribution in [0.4, 0.5) is 13.2 Å². The number of rotatable bonds is 0. The van der Waals surface area contributed by atoms with Crippen LogP contribution in [0.5, 0.6) is 0 Å². The van der Waals surface area contributed by atoms with E-state index in [1.54, 1.807) is 6.07 Å². The van der Waals surface area contributed by atoms with Crippen molar-refractivity contribution in [1.82, 2.24) is 4.98 Å². The van der Waals surface area contributed by atoms with E-state index in [0.29, 0.717) is 10.4 Å². The van der Waals surface area contributed by atoms with Gasteiger partial charge in [-0.3, -0.25) is 0 Å². The quantitative estimate of drug-likeness (QED) is 0.670. The zero-order chi connectivity index (χ0) is 11.1. The number of aromatic nitrogens is 1. The Hall–Kier alpha value is -1.29. The van der Waals surface area contributed by atoms with Crippen LogP contribution in [0.25, 0.3) is 10.9 Å². The van der Waals surface area contributed by atoms with Crippen molar-refractivity contribution in [1.29, 1.82) is 0 Å². The van der Waals surface area contributed by atoms with Crippen molar-refractivity contribution in [3.63, 3.8) is 0 Å². The summed E-state index contributed by atoms with van der Waals surface area (Å²) in [5.41, 5.74) is -0.605. The van der Waals surface area contributed by atoms with Gasteiger partial charge < -0.3 is 0 Å². The van der Waals surface area contributed by atoms with Crippen molar-refractivity contribution in [3.8, 4) is 0 Å². The third kappa shape index (κ3) is 2.04. The molecule has 0 radical (unpaired) electrons. The van der Waals surface area contributed by atoms with Crippen LogP contribution in [0.1, 0.15) is 5.69 Å². The average molecular weight is 232 g/mol. The summed E-state index contributed by atoms with van der Waals surface area (Å²) in [5, 5.41) is 1.07. The van der Waals surface area contributed by atoms with Crippen LogP contribution in [-0.2, 0) is 6.18 Å². The van der Waals surface area contributed by atoms with E-state index < -0.39 is 11.9 Å². The molecule has 1 aromatic heterocycles. The highest BCUT2D eigenvalue weighted by atomic mass is 35.5. The maximum absolute atomic E-state index is 12.3. The topological polar surface area (TPSA) is 12.9 Å². The lowest BCUT2D eigenvalue weighted by molar-refractivity contribution is -0.140. The molecule has 1 nitrogen and oxygen atoms in total.